The Morgan fingerprint density at radius 1 is 1.64 bits per heavy atom. The molecule has 0 atom stereocenters. The van der Waals surface area contributed by atoms with Crippen LogP contribution in [0, 0.1) is 6.92 Å². The summed E-state index contributed by atoms with van der Waals surface area (Å²) < 4.78 is 1.36. The number of hydrogen-bond acceptors (Lipinski definition) is 2. The summed E-state index contributed by atoms with van der Waals surface area (Å²) in [5, 5.41) is 3.91. The highest BCUT2D eigenvalue weighted by atomic mass is 16.1. The molecule has 0 unspecified atom stereocenters. The second-order valence-corrected chi connectivity index (χ2v) is 2.58. The lowest BCUT2D eigenvalue weighted by atomic mass is 10.1. The highest BCUT2D eigenvalue weighted by Gasteiger charge is 2.01. The molecule has 0 saturated carbocycles. The average Bonchev–Trinajstić information content (AvgIpc) is 2.01. The summed E-state index contributed by atoms with van der Waals surface area (Å²) in [6.45, 7) is 3.85. The summed E-state index contributed by atoms with van der Waals surface area (Å²) in [7, 11) is 1.66. The lowest BCUT2D eigenvalue weighted by molar-refractivity contribution is 0.691. The first-order valence-electron chi connectivity index (χ1n) is 3.68. The molecule has 3 nitrogen and oxygen atoms in total. The predicted molar refractivity (Wildman–Crippen MR) is 43.6 cm³/mol. The second kappa shape index (κ2) is 2.86. The van der Waals surface area contributed by atoms with Crippen LogP contribution in [-0.4, -0.2) is 9.78 Å². The van der Waals surface area contributed by atoms with Crippen molar-refractivity contribution in [3.05, 3.63) is 27.7 Å². The minimum absolute atomic E-state index is 0.00403. The molecular weight excluding hydrogens is 140 g/mol. The van der Waals surface area contributed by atoms with Gasteiger partial charge in [-0.05, 0) is 18.9 Å². The quantitative estimate of drug-likeness (QED) is 0.592. The van der Waals surface area contributed by atoms with E-state index in [-0.39, 0.29) is 5.56 Å². The SMILES string of the molecule is CCc1cnn(C)c(=O)c1C. The van der Waals surface area contributed by atoms with E-state index < -0.39 is 0 Å². The van der Waals surface area contributed by atoms with E-state index in [1.807, 2.05) is 13.8 Å². The van der Waals surface area contributed by atoms with Gasteiger partial charge >= 0.3 is 0 Å². The van der Waals surface area contributed by atoms with Crippen LogP contribution in [0.5, 0.6) is 0 Å². The number of aromatic nitrogens is 2. The van der Waals surface area contributed by atoms with Gasteiger partial charge in [0.05, 0.1) is 6.20 Å². The minimum Gasteiger partial charge on any atom is -0.268 e. The van der Waals surface area contributed by atoms with Gasteiger partial charge < -0.3 is 0 Å². The van der Waals surface area contributed by atoms with Crippen molar-refractivity contribution in [1.82, 2.24) is 9.78 Å². The Hall–Kier alpha value is -1.12. The van der Waals surface area contributed by atoms with Crippen LogP contribution in [0.2, 0.25) is 0 Å². The Labute approximate surface area is 65.7 Å². The Bertz CT molecular complexity index is 314. The molecule has 0 fully saturated rings. The molecule has 1 aromatic heterocycles. The van der Waals surface area contributed by atoms with Gasteiger partial charge in [-0.1, -0.05) is 6.92 Å². The first-order valence-corrected chi connectivity index (χ1v) is 3.68. The molecule has 1 rings (SSSR count). The highest BCUT2D eigenvalue weighted by molar-refractivity contribution is 5.18. The van der Waals surface area contributed by atoms with Crippen LogP contribution < -0.4 is 5.56 Å². The van der Waals surface area contributed by atoms with Crippen LogP contribution in [0.3, 0.4) is 0 Å². The highest BCUT2D eigenvalue weighted by Crippen LogP contribution is 1.99. The van der Waals surface area contributed by atoms with E-state index in [2.05, 4.69) is 5.10 Å². The van der Waals surface area contributed by atoms with Crippen LogP contribution in [0.4, 0.5) is 0 Å². The van der Waals surface area contributed by atoms with Gasteiger partial charge in [0, 0.05) is 12.6 Å². The lowest BCUT2D eigenvalue weighted by Crippen LogP contribution is -2.22. The van der Waals surface area contributed by atoms with Gasteiger partial charge in [0.1, 0.15) is 0 Å². The maximum absolute atomic E-state index is 11.2. The Morgan fingerprint density at radius 2 is 2.27 bits per heavy atom. The van der Waals surface area contributed by atoms with E-state index in [1.54, 1.807) is 13.2 Å². The normalized spacial score (nSPS) is 10.1. The van der Waals surface area contributed by atoms with Crippen molar-refractivity contribution in [2.24, 2.45) is 7.05 Å². The molecule has 60 valence electrons. The van der Waals surface area contributed by atoms with Crippen LogP contribution in [-0.2, 0) is 13.5 Å². The smallest absolute Gasteiger partial charge is 0.268 e. The van der Waals surface area contributed by atoms with E-state index >= 15 is 0 Å². The van der Waals surface area contributed by atoms with E-state index in [9.17, 15) is 4.79 Å². The fourth-order valence-electron chi connectivity index (χ4n) is 1.04. The summed E-state index contributed by atoms with van der Waals surface area (Å²) in [5.41, 5.74) is 1.85. The van der Waals surface area contributed by atoms with E-state index in [0.717, 1.165) is 17.5 Å². The van der Waals surface area contributed by atoms with Gasteiger partial charge in [-0.3, -0.25) is 4.79 Å². The maximum atomic E-state index is 11.2. The van der Waals surface area contributed by atoms with Crippen molar-refractivity contribution in [3.8, 4) is 0 Å². The standard InChI is InChI=1S/C8H12N2O/c1-4-7-5-9-10(3)8(11)6(7)2/h5H,4H2,1-3H3. The minimum atomic E-state index is 0.00403. The third-order valence-electron chi connectivity index (χ3n) is 1.86. The topological polar surface area (TPSA) is 34.9 Å². The third-order valence-corrected chi connectivity index (χ3v) is 1.86. The molecule has 0 aliphatic carbocycles. The first kappa shape index (κ1) is 7.98. The molecular formula is C8H12N2O. The molecule has 0 saturated heterocycles. The van der Waals surface area contributed by atoms with Crippen LogP contribution in [0.25, 0.3) is 0 Å². The van der Waals surface area contributed by atoms with E-state index in [1.165, 1.54) is 4.68 Å². The van der Waals surface area contributed by atoms with Crippen molar-refractivity contribution in [2.75, 3.05) is 0 Å². The molecule has 1 aromatic rings. The van der Waals surface area contributed by atoms with Crippen LogP contribution >= 0.6 is 0 Å². The largest absolute Gasteiger partial charge is 0.269 e. The number of rotatable bonds is 1. The Morgan fingerprint density at radius 3 is 2.82 bits per heavy atom. The molecule has 3 heteroatoms. The first-order chi connectivity index (χ1) is 5.16. The molecule has 0 spiro atoms. The average molecular weight is 152 g/mol. The summed E-state index contributed by atoms with van der Waals surface area (Å²) in [6.07, 6.45) is 2.62. The molecule has 0 N–H and O–H groups in total. The number of aryl methyl sites for hydroxylation is 2. The summed E-state index contributed by atoms with van der Waals surface area (Å²) >= 11 is 0. The fraction of sp³-hybridized carbons (Fsp3) is 0.500. The zero-order chi connectivity index (χ0) is 8.43. The molecule has 0 radical (unpaired) electrons. The summed E-state index contributed by atoms with van der Waals surface area (Å²) in [4.78, 5) is 11.2. The van der Waals surface area contributed by atoms with Gasteiger partial charge in [0.25, 0.3) is 5.56 Å². The monoisotopic (exact) mass is 152 g/mol. The summed E-state index contributed by atoms with van der Waals surface area (Å²) in [5.74, 6) is 0. The van der Waals surface area contributed by atoms with Gasteiger partial charge in [0.2, 0.25) is 0 Å². The number of nitrogens with zero attached hydrogens (tertiary/aromatic N) is 2. The summed E-state index contributed by atoms with van der Waals surface area (Å²) in [6, 6.07) is 0. The fourth-order valence-corrected chi connectivity index (χ4v) is 1.04. The Kier molecular flexibility index (Phi) is 2.08. The van der Waals surface area contributed by atoms with Crippen molar-refractivity contribution in [1.29, 1.82) is 0 Å². The molecule has 0 aromatic carbocycles. The maximum Gasteiger partial charge on any atom is 0.269 e. The van der Waals surface area contributed by atoms with E-state index in [4.69, 9.17) is 0 Å². The van der Waals surface area contributed by atoms with Crippen molar-refractivity contribution in [2.45, 2.75) is 20.3 Å². The molecule has 0 aliphatic rings. The van der Waals surface area contributed by atoms with Gasteiger partial charge in [-0.25, -0.2) is 4.68 Å². The number of hydrogen-bond donors (Lipinski definition) is 0. The van der Waals surface area contributed by atoms with Gasteiger partial charge in [-0.2, -0.15) is 5.10 Å². The predicted octanol–water partition coefficient (Wildman–Crippen LogP) is 0.651. The van der Waals surface area contributed by atoms with Crippen molar-refractivity contribution >= 4 is 0 Å². The van der Waals surface area contributed by atoms with Gasteiger partial charge in [-0.15, -0.1) is 0 Å². The van der Waals surface area contributed by atoms with Crippen LogP contribution in [0.15, 0.2) is 11.0 Å². The molecule has 11 heavy (non-hydrogen) atoms. The molecule has 0 aliphatic heterocycles. The molecule has 0 amide bonds. The van der Waals surface area contributed by atoms with E-state index in [0.29, 0.717) is 0 Å². The van der Waals surface area contributed by atoms with Gasteiger partial charge in [0.15, 0.2) is 0 Å². The lowest BCUT2D eigenvalue weighted by Gasteiger charge is -2.02. The second-order valence-electron chi connectivity index (χ2n) is 2.58. The zero-order valence-corrected chi connectivity index (χ0v) is 7.09. The molecule has 1 heterocycles. The van der Waals surface area contributed by atoms with Crippen molar-refractivity contribution < 1.29 is 0 Å². The van der Waals surface area contributed by atoms with Crippen molar-refractivity contribution in [3.63, 3.8) is 0 Å². The Balaban J connectivity index is 3.37. The zero-order valence-electron chi connectivity index (χ0n) is 7.09. The van der Waals surface area contributed by atoms with Crippen LogP contribution in [0.1, 0.15) is 18.1 Å². The molecule has 0 bridgehead atoms. The third kappa shape index (κ3) is 1.31.